The molecule has 0 saturated heterocycles. The molecule has 0 aromatic heterocycles. The zero-order valence-electron chi connectivity index (χ0n) is 6.84. The standard InChI is InChI=1S/C4H5Br.C4H8O2/c5-4-2-1-3(2)4;1-3-4(5)6-2/h2-4H,1H2;3H2,1-2H3. The van der Waals surface area contributed by atoms with Crippen molar-refractivity contribution in [3.05, 3.63) is 0 Å². The van der Waals surface area contributed by atoms with Crippen LogP contribution in [0.25, 0.3) is 0 Å². The van der Waals surface area contributed by atoms with E-state index in [1.807, 2.05) is 0 Å². The predicted molar refractivity (Wildman–Crippen MR) is 46.6 cm³/mol. The van der Waals surface area contributed by atoms with E-state index in [4.69, 9.17) is 0 Å². The van der Waals surface area contributed by atoms with Gasteiger partial charge < -0.3 is 4.74 Å². The van der Waals surface area contributed by atoms with Crippen LogP contribution in [-0.4, -0.2) is 17.9 Å². The van der Waals surface area contributed by atoms with Crippen molar-refractivity contribution in [2.24, 2.45) is 11.8 Å². The van der Waals surface area contributed by atoms with Gasteiger partial charge in [0.05, 0.1) is 7.11 Å². The van der Waals surface area contributed by atoms with Crippen LogP contribution in [0.2, 0.25) is 0 Å². The van der Waals surface area contributed by atoms with Gasteiger partial charge in [-0.2, -0.15) is 0 Å². The van der Waals surface area contributed by atoms with Gasteiger partial charge in [-0.25, -0.2) is 0 Å². The molecule has 0 aromatic carbocycles. The monoisotopic (exact) mass is 220 g/mol. The maximum absolute atomic E-state index is 9.96. The molecule has 0 aromatic rings. The van der Waals surface area contributed by atoms with Crippen LogP contribution in [0.1, 0.15) is 19.8 Å². The van der Waals surface area contributed by atoms with Crippen molar-refractivity contribution in [3.63, 3.8) is 0 Å². The molecule has 0 heterocycles. The maximum atomic E-state index is 9.96. The molecule has 64 valence electrons. The Morgan fingerprint density at radius 1 is 1.64 bits per heavy atom. The molecule has 0 aliphatic heterocycles. The van der Waals surface area contributed by atoms with Crippen LogP contribution in [0.4, 0.5) is 0 Å². The van der Waals surface area contributed by atoms with Crippen LogP contribution in [0.15, 0.2) is 0 Å². The van der Waals surface area contributed by atoms with Gasteiger partial charge in [0.25, 0.3) is 0 Å². The first-order valence-electron chi connectivity index (χ1n) is 3.91. The molecule has 2 nitrogen and oxygen atoms in total. The van der Waals surface area contributed by atoms with Crippen LogP contribution in [0.5, 0.6) is 0 Å². The topological polar surface area (TPSA) is 26.3 Å². The van der Waals surface area contributed by atoms with Gasteiger partial charge >= 0.3 is 5.97 Å². The summed E-state index contributed by atoms with van der Waals surface area (Å²) in [5, 5.41) is 0. The van der Waals surface area contributed by atoms with E-state index in [-0.39, 0.29) is 5.97 Å². The maximum Gasteiger partial charge on any atom is 0.305 e. The number of esters is 1. The number of hydrogen-bond donors (Lipinski definition) is 0. The second kappa shape index (κ2) is 3.57. The lowest BCUT2D eigenvalue weighted by atomic mass is 10.4. The number of fused-ring (bicyclic) bond motifs is 1. The van der Waals surface area contributed by atoms with E-state index in [1.54, 1.807) is 6.92 Å². The summed E-state index contributed by atoms with van der Waals surface area (Å²) < 4.78 is 4.26. The van der Waals surface area contributed by atoms with E-state index < -0.39 is 0 Å². The van der Waals surface area contributed by atoms with Crippen LogP contribution in [0, 0.1) is 11.8 Å². The van der Waals surface area contributed by atoms with E-state index in [9.17, 15) is 4.79 Å². The predicted octanol–water partition coefficient (Wildman–Crippen LogP) is 1.97. The molecule has 2 aliphatic rings. The summed E-state index contributed by atoms with van der Waals surface area (Å²) in [6.45, 7) is 1.76. The zero-order chi connectivity index (χ0) is 8.43. The third kappa shape index (κ3) is 2.47. The van der Waals surface area contributed by atoms with Gasteiger partial charge in [0.2, 0.25) is 0 Å². The molecule has 2 aliphatic carbocycles. The molecule has 11 heavy (non-hydrogen) atoms. The first-order valence-corrected chi connectivity index (χ1v) is 4.83. The first kappa shape index (κ1) is 9.04. The normalized spacial score (nSPS) is 36.1. The number of methoxy groups -OCH3 is 1. The van der Waals surface area contributed by atoms with Gasteiger partial charge in [-0.1, -0.05) is 22.9 Å². The van der Waals surface area contributed by atoms with Crippen molar-refractivity contribution in [1.82, 2.24) is 0 Å². The average Bonchev–Trinajstić information content (AvgIpc) is 2.91. The Morgan fingerprint density at radius 3 is 2.09 bits per heavy atom. The molecule has 0 amide bonds. The van der Waals surface area contributed by atoms with Crippen LogP contribution < -0.4 is 0 Å². The minimum Gasteiger partial charge on any atom is -0.469 e. The van der Waals surface area contributed by atoms with E-state index in [0.717, 1.165) is 16.7 Å². The molecule has 2 atom stereocenters. The molecule has 0 N–H and O–H groups in total. The summed E-state index contributed by atoms with van der Waals surface area (Å²) in [7, 11) is 1.38. The highest BCUT2D eigenvalue weighted by Gasteiger charge is 2.62. The van der Waals surface area contributed by atoms with Crippen molar-refractivity contribution in [1.29, 1.82) is 0 Å². The first-order chi connectivity index (χ1) is 5.20. The fourth-order valence-corrected chi connectivity index (χ4v) is 1.88. The Labute approximate surface area is 75.4 Å². The largest absolute Gasteiger partial charge is 0.469 e. The van der Waals surface area contributed by atoms with E-state index in [0.29, 0.717) is 6.42 Å². The molecule has 0 bridgehead atoms. The summed E-state index contributed by atoms with van der Waals surface area (Å²) in [5.74, 6) is 2.11. The number of hydrogen-bond acceptors (Lipinski definition) is 2. The zero-order valence-corrected chi connectivity index (χ0v) is 8.43. The Kier molecular flexibility index (Phi) is 2.93. The minimum absolute atomic E-state index is 0.157. The third-order valence-electron chi connectivity index (χ3n) is 2.08. The second-order valence-corrected chi connectivity index (χ2v) is 3.99. The van der Waals surface area contributed by atoms with E-state index in [2.05, 4.69) is 20.7 Å². The number of alkyl halides is 1. The fraction of sp³-hybridized carbons (Fsp3) is 0.875. The number of ether oxygens (including phenoxy) is 1. The summed E-state index contributed by atoms with van der Waals surface area (Å²) >= 11 is 3.50. The molecule has 2 unspecified atom stereocenters. The SMILES string of the molecule is BrC1C2CC12.CCC(=O)OC. The Bertz CT molecular complexity index is 137. The van der Waals surface area contributed by atoms with Gasteiger partial charge in [-0.05, 0) is 18.3 Å². The summed E-state index contributed by atoms with van der Waals surface area (Å²) in [4.78, 5) is 10.9. The van der Waals surface area contributed by atoms with Crippen molar-refractivity contribution >= 4 is 21.9 Å². The number of carbonyl (C=O) groups is 1. The van der Waals surface area contributed by atoms with Crippen molar-refractivity contribution in [3.8, 4) is 0 Å². The van der Waals surface area contributed by atoms with Crippen LogP contribution >= 0.6 is 15.9 Å². The number of halogens is 1. The highest BCUT2D eigenvalue weighted by Crippen LogP contribution is 2.66. The molecule has 2 saturated carbocycles. The lowest BCUT2D eigenvalue weighted by Gasteiger charge is -1.87. The van der Waals surface area contributed by atoms with Crippen molar-refractivity contribution in [2.75, 3.05) is 7.11 Å². The minimum atomic E-state index is -0.157. The Hall–Kier alpha value is -0.0500. The lowest BCUT2D eigenvalue weighted by Crippen LogP contribution is -1.94. The number of carbonyl (C=O) groups excluding carboxylic acids is 1. The van der Waals surface area contributed by atoms with Gasteiger partial charge in [0.15, 0.2) is 0 Å². The van der Waals surface area contributed by atoms with Crippen LogP contribution in [-0.2, 0) is 9.53 Å². The molecule has 2 rings (SSSR count). The van der Waals surface area contributed by atoms with E-state index >= 15 is 0 Å². The van der Waals surface area contributed by atoms with Crippen molar-refractivity contribution < 1.29 is 9.53 Å². The highest BCUT2D eigenvalue weighted by molar-refractivity contribution is 9.09. The number of rotatable bonds is 1. The molecule has 0 radical (unpaired) electrons. The molecule has 2 fully saturated rings. The van der Waals surface area contributed by atoms with Crippen molar-refractivity contribution in [2.45, 2.75) is 24.6 Å². The average molecular weight is 221 g/mol. The van der Waals surface area contributed by atoms with E-state index in [1.165, 1.54) is 13.5 Å². The summed E-state index contributed by atoms with van der Waals surface area (Å²) in [5.41, 5.74) is 0. The quantitative estimate of drug-likeness (QED) is 0.499. The third-order valence-corrected chi connectivity index (χ3v) is 3.44. The fourth-order valence-electron chi connectivity index (χ4n) is 0.842. The smallest absolute Gasteiger partial charge is 0.305 e. The van der Waals surface area contributed by atoms with Gasteiger partial charge in [-0.15, -0.1) is 0 Å². The van der Waals surface area contributed by atoms with Gasteiger partial charge in [0.1, 0.15) is 0 Å². The Balaban J connectivity index is 0.000000110. The lowest BCUT2D eigenvalue weighted by molar-refractivity contribution is -0.140. The second-order valence-electron chi connectivity index (χ2n) is 2.94. The van der Waals surface area contributed by atoms with Gasteiger partial charge in [0, 0.05) is 11.2 Å². The summed E-state index contributed by atoms with van der Waals surface area (Å²) in [6.07, 6.45) is 1.99. The van der Waals surface area contributed by atoms with Crippen LogP contribution in [0.3, 0.4) is 0 Å². The molecular weight excluding hydrogens is 208 g/mol. The molecule has 3 heteroatoms. The molecular formula is C8H13BrO2. The molecule has 0 spiro atoms. The highest BCUT2D eigenvalue weighted by atomic mass is 79.9. The Morgan fingerprint density at radius 2 is 2.09 bits per heavy atom. The summed E-state index contributed by atoms with van der Waals surface area (Å²) in [6, 6.07) is 0. The van der Waals surface area contributed by atoms with Gasteiger partial charge in [-0.3, -0.25) is 4.79 Å².